The zero-order chi connectivity index (χ0) is 13.1. The molecule has 1 unspecified atom stereocenters. The van der Waals surface area contributed by atoms with Crippen LogP contribution >= 0.6 is 11.6 Å². The Bertz CT molecular complexity index is 451. The monoisotopic (exact) mass is 268 g/mol. The van der Waals surface area contributed by atoms with E-state index in [0.29, 0.717) is 5.02 Å². The molecule has 1 heterocycles. The summed E-state index contributed by atoms with van der Waals surface area (Å²) in [5, 5.41) is 12.9. The zero-order valence-corrected chi connectivity index (χ0v) is 11.1. The molecule has 1 aliphatic heterocycles. The highest BCUT2D eigenvalue weighted by Crippen LogP contribution is 2.27. The van der Waals surface area contributed by atoms with Gasteiger partial charge >= 0.3 is 0 Å². The SMILES string of the molecule is CC(=O)NC1CCN(c2ccc(Cl)cc2CO)C1. The lowest BCUT2D eigenvalue weighted by Crippen LogP contribution is -2.35. The lowest BCUT2D eigenvalue weighted by Gasteiger charge is -2.21. The molecule has 0 aliphatic carbocycles. The number of amides is 1. The van der Waals surface area contributed by atoms with Gasteiger partial charge in [0.25, 0.3) is 0 Å². The number of aliphatic hydroxyl groups excluding tert-OH is 1. The molecular weight excluding hydrogens is 252 g/mol. The Morgan fingerprint density at radius 1 is 1.61 bits per heavy atom. The largest absolute Gasteiger partial charge is 0.392 e. The van der Waals surface area contributed by atoms with Crippen LogP contribution in [0.2, 0.25) is 5.02 Å². The summed E-state index contributed by atoms with van der Waals surface area (Å²) in [5.41, 5.74) is 1.82. The third-order valence-corrected chi connectivity index (χ3v) is 3.38. The highest BCUT2D eigenvalue weighted by molar-refractivity contribution is 6.30. The minimum Gasteiger partial charge on any atom is -0.392 e. The summed E-state index contributed by atoms with van der Waals surface area (Å²) in [6, 6.07) is 5.71. The fraction of sp³-hybridized carbons (Fsp3) is 0.462. The van der Waals surface area contributed by atoms with Gasteiger partial charge in [0.05, 0.1) is 6.61 Å². The predicted molar refractivity (Wildman–Crippen MR) is 71.8 cm³/mol. The van der Waals surface area contributed by atoms with E-state index in [-0.39, 0.29) is 18.6 Å². The number of halogens is 1. The highest BCUT2D eigenvalue weighted by Gasteiger charge is 2.24. The molecule has 0 bridgehead atoms. The van der Waals surface area contributed by atoms with E-state index in [0.717, 1.165) is 30.8 Å². The first-order valence-corrected chi connectivity index (χ1v) is 6.39. The van der Waals surface area contributed by atoms with Crippen LogP contribution in [0.3, 0.4) is 0 Å². The fourth-order valence-electron chi connectivity index (χ4n) is 2.37. The van der Waals surface area contributed by atoms with Crippen molar-refractivity contribution in [1.29, 1.82) is 0 Å². The Morgan fingerprint density at radius 3 is 3.06 bits per heavy atom. The van der Waals surface area contributed by atoms with Crippen molar-refractivity contribution >= 4 is 23.2 Å². The second-order valence-electron chi connectivity index (χ2n) is 4.56. The first-order chi connectivity index (χ1) is 8.60. The second-order valence-corrected chi connectivity index (χ2v) is 5.00. The Kier molecular flexibility index (Phi) is 4.09. The van der Waals surface area contributed by atoms with Crippen molar-refractivity contribution in [2.45, 2.75) is 26.0 Å². The van der Waals surface area contributed by atoms with Crippen molar-refractivity contribution in [2.75, 3.05) is 18.0 Å². The molecular formula is C13H17ClN2O2. The molecule has 1 fully saturated rings. The highest BCUT2D eigenvalue weighted by atomic mass is 35.5. The van der Waals surface area contributed by atoms with E-state index in [1.54, 1.807) is 6.07 Å². The lowest BCUT2D eigenvalue weighted by molar-refractivity contribution is -0.119. The summed E-state index contributed by atoms with van der Waals surface area (Å²) in [7, 11) is 0. The first-order valence-electron chi connectivity index (χ1n) is 6.01. The van der Waals surface area contributed by atoms with Gasteiger partial charge in [0.2, 0.25) is 5.91 Å². The molecule has 1 aromatic carbocycles. The molecule has 0 radical (unpaired) electrons. The molecule has 4 nitrogen and oxygen atoms in total. The summed E-state index contributed by atoms with van der Waals surface area (Å²) in [6.45, 7) is 3.15. The topological polar surface area (TPSA) is 52.6 Å². The third kappa shape index (κ3) is 2.94. The van der Waals surface area contributed by atoms with Crippen LogP contribution in [0, 0.1) is 0 Å². The van der Waals surface area contributed by atoms with Crippen molar-refractivity contribution < 1.29 is 9.90 Å². The average molecular weight is 269 g/mol. The Morgan fingerprint density at radius 2 is 2.39 bits per heavy atom. The van der Waals surface area contributed by atoms with Crippen LogP contribution in [0.1, 0.15) is 18.9 Å². The van der Waals surface area contributed by atoms with Crippen molar-refractivity contribution in [3.8, 4) is 0 Å². The van der Waals surface area contributed by atoms with Gasteiger partial charge in [-0.25, -0.2) is 0 Å². The van der Waals surface area contributed by atoms with Crippen LogP contribution in [0.4, 0.5) is 5.69 Å². The molecule has 5 heteroatoms. The van der Waals surface area contributed by atoms with Gasteiger partial charge in [-0.15, -0.1) is 0 Å². The number of hydrogen-bond acceptors (Lipinski definition) is 3. The fourth-order valence-corrected chi connectivity index (χ4v) is 2.57. The van der Waals surface area contributed by atoms with Crippen LogP contribution in [-0.2, 0) is 11.4 Å². The van der Waals surface area contributed by atoms with Crippen LogP contribution in [0.25, 0.3) is 0 Å². The van der Waals surface area contributed by atoms with E-state index >= 15 is 0 Å². The van der Waals surface area contributed by atoms with Crippen molar-refractivity contribution in [1.82, 2.24) is 5.32 Å². The maximum atomic E-state index is 11.0. The number of nitrogens with one attached hydrogen (secondary N) is 1. The van der Waals surface area contributed by atoms with Gasteiger partial charge in [0.15, 0.2) is 0 Å². The van der Waals surface area contributed by atoms with Crippen LogP contribution < -0.4 is 10.2 Å². The molecule has 2 N–H and O–H groups in total. The molecule has 0 saturated carbocycles. The number of benzene rings is 1. The smallest absolute Gasteiger partial charge is 0.217 e. The molecule has 1 aliphatic rings. The molecule has 1 saturated heterocycles. The van der Waals surface area contributed by atoms with Crippen LogP contribution in [0.15, 0.2) is 18.2 Å². The van der Waals surface area contributed by atoms with Crippen LogP contribution in [0.5, 0.6) is 0 Å². The number of carbonyl (C=O) groups is 1. The van der Waals surface area contributed by atoms with E-state index in [9.17, 15) is 9.90 Å². The zero-order valence-electron chi connectivity index (χ0n) is 10.3. The second kappa shape index (κ2) is 5.59. The number of aliphatic hydroxyl groups is 1. The molecule has 98 valence electrons. The molecule has 1 amide bonds. The molecule has 0 aromatic heterocycles. The Hall–Kier alpha value is -1.26. The van der Waals surface area contributed by atoms with Gasteiger partial charge < -0.3 is 15.3 Å². The maximum Gasteiger partial charge on any atom is 0.217 e. The summed E-state index contributed by atoms with van der Waals surface area (Å²) in [5.74, 6) is 0.000313. The third-order valence-electron chi connectivity index (χ3n) is 3.15. The van der Waals surface area contributed by atoms with Crippen molar-refractivity contribution in [3.63, 3.8) is 0 Å². The van der Waals surface area contributed by atoms with E-state index < -0.39 is 0 Å². The standard InChI is InChI=1S/C13H17ClN2O2/c1-9(18)15-12-4-5-16(7-12)13-3-2-11(14)6-10(13)8-17/h2-3,6,12,17H,4-5,7-8H2,1H3,(H,15,18). The number of hydrogen-bond donors (Lipinski definition) is 2. The normalized spacial score (nSPS) is 19.1. The van der Waals surface area contributed by atoms with Crippen molar-refractivity contribution in [2.24, 2.45) is 0 Å². The van der Waals surface area contributed by atoms with Crippen molar-refractivity contribution in [3.05, 3.63) is 28.8 Å². The van der Waals surface area contributed by atoms with Gasteiger partial charge in [-0.1, -0.05) is 11.6 Å². The number of anilines is 1. The van der Waals surface area contributed by atoms with E-state index in [1.807, 2.05) is 12.1 Å². The predicted octanol–water partition coefficient (Wildman–Crippen LogP) is 1.55. The van der Waals surface area contributed by atoms with Crippen LogP contribution in [-0.4, -0.2) is 30.1 Å². The van der Waals surface area contributed by atoms with Gasteiger partial charge in [-0.2, -0.15) is 0 Å². The summed E-state index contributed by atoms with van der Waals surface area (Å²) in [6.07, 6.45) is 0.924. The van der Waals surface area contributed by atoms with E-state index in [4.69, 9.17) is 11.6 Å². The minimum atomic E-state index is -0.0306. The molecule has 1 atom stereocenters. The minimum absolute atomic E-state index is 0.000313. The quantitative estimate of drug-likeness (QED) is 0.875. The summed E-state index contributed by atoms with van der Waals surface area (Å²) in [4.78, 5) is 13.2. The summed E-state index contributed by atoms with van der Waals surface area (Å²) >= 11 is 5.91. The summed E-state index contributed by atoms with van der Waals surface area (Å²) < 4.78 is 0. The lowest BCUT2D eigenvalue weighted by atomic mass is 10.1. The molecule has 1 aromatic rings. The van der Waals surface area contributed by atoms with Gasteiger partial charge in [-0.3, -0.25) is 4.79 Å². The van der Waals surface area contributed by atoms with Gasteiger partial charge in [-0.05, 0) is 24.6 Å². The van der Waals surface area contributed by atoms with E-state index in [2.05, 4.69) is 10.2 Å². The first kappa shape index (κ1) is 13.2. The van der Waals surface area contributed by atoms with Gasteiger partial charge in [0.1, 0.15) is 0 Å². The number of rotatable bonds is 3. The molecule has 2 rings (SSSR count). The van der Waals surface area contributed by atoms with Gasteiger partial charge in [0, 0.05) is 42.3 Å². The Labute approximate surface area is 112 Å². The maximum absolute atomic E-state index is 11.0. The molecule has 18 heavy (non-hydrogen) atoms. The Balaban J connectivity index is 2.11. The average Bonchev–Trinajstić information content (AvgIpc) is 2.76. The molecule has 0 spiro atoms. The number of nitrogens with zero attached hydrogens (tertiary/aromatic N) is 1. The number of carbonyl (C=O) groups excluding carboxylic acids is 1. The van der Waals surface area contributed by atoms with E-state index in [1.165, 1.54) is 6.92 Å².